The first-order chi connectivity index (χ1) is 15.0. The highest BCUT2D eigenvalue weighted by atomic mass is 16.5. The summed E-state index contributed by atoms with van der Waals surface area (Å²) >= 11 is 0. The lowest BCUT2D eigenvalue weighted by atomic mass is 9.96. The van der Waals surface area contributed by atoms with Crippen LogP contribution in [0.4, 0.5) is 5.69 Å². The highest BCUT2D eigenvalue weighted by Crippen LogP contribution is 2.30. The molecule has 4 rings (SSSR count). The maximum Gasteiger partial charge on any atom is 0.335 e. The molecule has 2 N–H and O–H groups in total. The lowest BCUT2D eigenvalue weighted by Gasteiger charge is -2.13. The molecule has 1 aliphatic rings. The third-order valence-electron chi connectivity index (χ3n) is 6.12. The summed E-state index contributed by atoms with van der Waals surface area (Å²) in [4.78, 5) is 23.7. The Morgan fingerprint density at radius 3 is 2.58 bits per heavy atom. The van der Waals surface area contributed by atoms with Gasteiger partial charge in [0.05, 0.1) is 12.7 Å². The van der Waals surface area contributed by atoms with Crippen molar-refractivity contribution in [3.63, 3.8) is 0 Å². The number of nitrogens with one attached hydrogen (secondary N) is 1. The first-order valence-electron chi connectivity index (χ1n) is 10.7. The molecule has 1 saturated carbocycles. The van der Waals surface area contributed by atoms with Crippen LogP contribution < -0.4 is 10.1 Å². The number of fused-ring (bicyclic) bond motifs is 1. The van der Waals surface area contributed by atoms with E-state index in [1.54, 1.807) is 25.3 Å². The largest absolute Gasteiger partial charge is 0.496 e. The SMILES string of the molecule is COc1cc(C(=O)O)ccc1Cc1cccc2ccc(NC(=O)CC3CCCC3)cc12. The molecule has 160 valence electrons. The van der Waals surface area contributed by atoms with E-state index in [1.165, 1.54) is 12.8 Å². The molecule has 0 heterocycles. The summed E-state index contributed by atoms with van der Waals surface area (Å²) in [7, 11) is 1.55. The van der Waals surface area contributed by atoms with Crippen LogP contribution in [0, 0.1) is 5.92 Å². The summed E-state index contributed by atoms with van der Waals surface area (Å²) in [6.07, 6.45) is 5.95. The van der Waals surface area contributed by atoms with E-state index in [0.717, 1.165) is 40.4 Å². The number of carboxylic acid groups (broad SMARTS) is 1. The fraction of sp³-hybridized carbons (Fsp3) is 0.308. The van der Waals surface area contributed by atoms with Crippen LogP contribution in [0.5, 0.6) is 5.75 Å². The normalized spacial score (nSPS) is 14.0. The van der Waals surface area contributed by atoms with Gasteiger partial charge in [-0.3, -0.25) is 4.79 Å². The predicted octanol–water partition coefficient (Wildman–Crippen LogP) is 5.66. The van der Waals surface area contributed by atoms with Crippen molar-refractivity contribution in [1.82, 2.24) is 0 Å². The van der Waals surface area contributed by atoms with E-state index in [1.807, 2.05) is 30.3 Å². The van der Waals surface area contributed by atoms with Gasteiger partial charge in [-0.05, 0) is 64.9 Å². The molecule has 0 radical (unpaired) electrons. The van der Waals surface area contributed by atoms with Crippen LogP contribution in [0.25, 0.3) is 10.8 Å². The molecule has 0 bridgehead atoms. The zero-order valence-electron chi connectivity index (χ0n) is 17.7. The van der Waals surface area contributed by atoms with E-state index in [2.05, 4.69) is 11.4 Å². The van der Waals surface area contributed by atoms with Crippen LogP contribution in [0.3, 0.4) is 0 Å². The minimum Gasteiger partial charge on any atom is -0.496 e. The topological polar surface area (TPSA) is 75.6 Å². The number of ether oxygens (including phenoxy) is 1. The molecule has 1 fully saturated rings. The number of anilines is 1. The van der Waals surface area contributed by atoms with Gasteiger partial charge < -0.3 is 15.2 Å². The molecular weight excluding hydrogens is 390 g/mol. The minimum absolute atomic E-state index is 0.0784. The number of carboxylic acids is 1. The van der Waals surface area contributed by atoms with Gasteiger partial charge in [0.15, 0.2) is 0 Å². The summed E-state index contributed by atoms with van der Waals surface area (Å²) in [5.74, 6) is 0.165. The third-order valence-corrected chi connectivity index (χ3v) is 6.12. The van der Waals surface area contributed by atoms with Gasteiger partial charge in [-0.25, -0.2) is 4.79 Å². The van der Waals surface area contributed by atoms with Gasteiger partial charge in [-0.15, -0.1) is 0 Å². The van der Waals surface area contributed by atoms with E-state index < -0.39 is 5.97 Å². The molecule has 3 aromatic carbocycles. The van der Waals surface area contributed by atoms with E-state index in [-0.39, 0.29) is 11.5 Å². The van der Waals surface area contributed by atoms with E-state index in [9.17, 15) is 14.7 Å². The van der Waals surface area contributed by atoms with E-state index in [4.69, 9.17) is 4.74 Å². The number of hydrogen-bond acceptors (Lipinski definition) is 3. The molecule has 1 aliphatic carbocycles. The van der Waals surface area contributed by atoms with Gasteiger partial charge in [-0.2, -0.15) is 0 Å². The summed E-state index contributed by atoms with van der Waals surface area (Å²) in [6, 6.07) is 17.1. The van der Waals surface area contributed by atoms with Crippen LogP contribution in [0.1, 0.15) is 53.6 Å². The second kappa shape index (κ2) is 9.21. The maximum absolute atomic E-state index is 12.5. The van der Waals surface area contributed by atoms with Gasteiger partial charge in [0, 0.05) is 18.5 Å². The van der Waals surface area contributed by atoms with Gasteiger partial charge in [-0.1, -0.05) is 43.2 Å². The third kappa shape index (κ3) is 4.88. The molecule has 5 nitrogen and oxygen atoms in total. The Morgan fingerprint density at radius 1 is 1.03 bits per heavy atom. The number of carbonyl (C=O) groups excluding carboxylic acids is 1. The van der Waals surface area contributed by atoms with Crippen molar-refractivity contribution in [3.05, 3.63) is 71.3 Å². The lowest BCUT2D eigenvalue weighted by Crippen LogP contribution is -2.15. The van der Waals surface area contributed by atoms with Crippen LogP contribution in [0.2, 0.25) is 0 Å². The molecule has 0 aromatic heterocycles. The van der Waals surface area contributed by atoms with Crippen LogP contribution in [-0.4, -0.2) is 24.1 Å². The summed E-state index contributed by atoms with van der Waals surface area (Å²) in [6.45, 7) is 0. The number of hydrogen-bond donors (Lipinski definition) is 2. The highest BCUT2D eigenvalue weighted by Gasteiger charge is 2.18. The fourth-order valence-electron chi connectivity index (χ4n) is 4.49. The Kier molecular flexibility index (Phi) is 6.21. The number of benzene rings is 3. The monoisotopic (exact) mass is 417 g/mol. The van der Waals surface area contributed by atoms with Crippen molar-refractivity contribution < 1.29 is 19.4 Å². The molecular formula is C26H27NO4. The highest BCUT2D eigenvalue weighted by molar-refractivity contribution is 5.95. The smallest absolute Gasteiger partial charge is 0.335 e. The number of amides is 1. The maximum atomic E-state index is 12.5. The van der Waals surface area contributed by atoms with Gasteiger partial charge in [0.1, 0.15) is 5.75 Å². The Balaban J connectivity index is 1.59. The Bertz CT molecular complexity index is 1120. The van der Waals surface area contributed by atoms with Crippen molar-refractivity contribution in [2.45, 2.75) is 38.5 Å². The van der Waals surface area contributed by atoms with Crippen molar-refractivity contribution >= 4 is 28.3 Å². The molecule has 0 atom stereocenters. The molecule has 0 unspecified atom stereocenters. The average Bonchev–Trinajstić information content (AvgIpc) is 3.27. The first-order valence-corrected chi connectivity index (χ1v) is 10.7. The standard InChI is InChI=1S/C26H27NO4/c1-31-24-15-21(26(29)30)10-9-20(24)14-19-8-4-7-18-11-12-22(16-23(18)19)27-25(28)13-17-5-2-3-6-17/h4,7-12,15-17H,2-3,5-6,13-14H2,1H3,(H,27,28)(H,29,30). The second-order valence-electron chi connectivity index (χ2n) is 8.26. The van der Waals surface area contributed by atoms with Gasteiger partial charge in [0.2, 0.25) is 5.91 Å². The second-order valence-corrected chi connectivity index (χ2v) is 8.26. The number of aromatic carboxylic acids is 1. The lowest BCUT2D eigenvalue weighted by molar-refractivity contribution is -0.117. The Morgan fingerprint density at radius 2 is 1.84 bits per heavy atom. The molecule has 5 heteroatoms. The van der Waals surface area contributed by atoms with Crippen LogP contribution in [0.15, 0.2) is 54.6 Å². The number of methoxy groups -OCH3 is 1. The quantitative estimate of drug-likeness (QED) is 0.520. The van der Waals surface area contributed by atoms with Crippen LogP contribution >= 0.6 is 0 Å². The van der Waals surface area contributed by atoms with Crippen molar-refractivity contribution in [2.75, 3.05) is 12.4 Å². The van der Waals surface area contributed by atoms with Gasteiger partial charge in [0.25, 0.3) is 0 Å². The number of carbonyl (C=O) groups is 2. The van der Waals surface area contributed by atoms with Crippen LogP contribution in [-0.2, 0) is 11.2 Å². The average molecular weight is 418 g/mol. The van der Waals surface area contributed by atoms with E-state index in [0.29, 0.717) is 24.5 Å². The molecule has 0 aliphatic heterocycles. The Hall–Kier alpha value is -3.34. The molecule has 31 heavy (non-hydrogen) atoms. The summed E-state index contributed by atoms with van der Waals surface area (Å²) in [5.41, 5.74) is 3.00. The van der Waals surface area contributed by atoms with Crippen molar-refractivity contribution in [1.29, 1.82) is 0 Å². The zero-order valence-corrected chi connectivity index (χ0v) is 17.7. The minimum atomic E-state index is -0.979. The number of rotatable bonds is 7. The summed E-state index contributed by atoms with van der Waals surface area (Å²) in [5, 5.41) is 14.4. The molecule has 1 amide bonds. The molecule has 3 aromatic rings. The van der Waals surface area contributed by atoms with Gasteiger partial charge >= 0.3 is 5.97 Å². The first kappa shape index (κ1) is 20.9. The Labute approximate surface area is 182 Å². The summed E-state index contributed by atoms with van der Waals surface area (Å²) < 4.78 is 5.44. The van der Waals surface area contributed by atoms with Crippen molar-refractivity contribution in [2.24, 2.45) is 5.92 Å². The predicted molar refractivity (Wildman–Crippen MR) is 122 cm³/mol. The fourth-order valence-corrected chi connectivity index (χ4v) is 4.49. The zero-order chi connectivity index (χ0) is 21.8. The van der Waals surface area contributed by atoms with E-state index >= 15 is 0 Å². The molecule has 0 saturated heterocycles. The molecule has 0 spiro atoms. The van der Waals surface area contributed by atoms with Crippen molar-refractivity contribution in [3.8, 4) is 5.75 Å².